The number of halogens is 2. The Morgan fingerprint density at radius 2 is 0.617 bits per heavy atom. The third-order valence-corrected chi connectivity index (χ3v) is 17.2. The van der Waals surface area contributed by atoms with E-state index in [4.69, 9.17) is 6.57 Å². The number of fused-ring (bicyclic) bond motifs is 9. The number of rotatable bonds is 10. The Hall–Kier alpha value is -9.88. The van der Waals surface area contributed by atoms with E-state index in [0.29, 0.717) is 11.3 Å². The molecule has 4 nitrogen and oxygen atoms in total. The quantitative estimate of drug-likeness (QED) is 0.101. The molecule has 0 unspecified atom stereocenters. The van der Waals surface area contributed by atoms with Crippen molar-refractivity contribution in [3.05, 3.63) is 291 Å². The van der Waals surface area contributed by atoms with Gasteiger partial charge in [0.1, 0.15) is 11.6 Å². The predicted octanol–water partition coefficient (Wildman–Crippen LogP) is 20.6. The third kappa shape index (κ3) is 8.63. The van der Waals surface area contributed by atoms with Crippen LogP contribution in [0.15, 0.2) is 206 Å². The molecule has 10 aromatic carbocycles. The van der Waals surface area contributed by atoms with Gasteiger partial charge in [-0.05, 0) is 198 Å². The van der Waals surface area contributed by atoms with E-state index in [1.807, 2.05) is 48.5 Å². The standard InChI is InChI=1S/C75H56F2N4/c1-73(2)67-40-47(8-10-49-16-36-63-65-38-32-59(44-71(65)74(3,4)69(63)42-49)80(56-26-18-52(76)19-27-56)55-24-12-51(46-78)13-25-55)14-34-61(67)62-35-15-48(41-68(62)73)9-11-50-17-37-64-66-39-33-60(45-72(66)75(5,6)70(64)43-50)81(57-28-20-53(77)21-29-57)58-30-22-54(79-7)23-31-58/h8-45H,1-6H3. The first-order valence-electron chi connectivity index (χ1n) is 27.4. The van der Waals surface area contributed by atoms with Gasteiger partial charge in [-0.1, -0.05) is 163 Å². The minimum absolute atomic E-state index is 0.206. The predicted molar refractivity (Wildman–Crippen MR) is 330 cm³/mol. The van der Waals surface area contributed by atoms with Crippen LogP contribution >= 0.6 is 0 Å². The number of benzene rings is 10. The van der Waals surface area contributed by atoms with E-state index in [-0.39, 0.29) is 27.9 Å². The minimum Gasteiger partial charge on any atom is -0.311 e. The smallest absolute Gasteiger partial charge is 0.187 e. The maximum Gasteiger partial charge on any atom is 0.187 e. The van der Waals surface area contributed by atoms with Crippen molar-refractivity contribution >= 4 is 64.1 Å². The zero-order chi connectivity index (χ0) is 56.0. The van der Waals surface area contributed by atoms with E-state index in [2.05, 4.69) is 196 Å². The molecule has 0 atom stereocenters. The number of anilines is 6. The Morgan fingerprint density at radius 1 is 0.358 bits per heavy atom. The van der Waals surface area contributed by atoms with Crippen LogP contribution in [0.25, 0.3) is 62.5 Å². The number of nitriles is 1. The second kappa shape index (κ2) is 19.2. The van der Waals surface area contributed by atoms with Gasteiger partial charge in [-0.3, -0.25) is 0 Å². The van der Waals surface area contributed by atoms with Crippen molar-refractivity contribution in [2.75, 3.05) is 9.80 Å². The molecular formula is C75H56F2N4. The summed E-state index contributed by atoms with van der Waals surface area (Å²) in [5.74, 6) is -0.583. The van der Waals surface area contributed by atoms with Crippen molar-refractivity contribution in [3.8, 4) is 39.4 Å². The summed E-state index contributed by atoms with van der Waals surface area (Å²) in [5, 5.41) is 9.50. The van der Waals surface area contributed by atoms with Crippen molar-refractivity contribution in [2.45, 2.75) is 57.8 Å². The van der Waals surface area contributed by atoms with Crippen LogP contribution in [0, 0.1) is 29.5 Å². The highest BCUT2D eigenvalue weighted by Gasteiger charge is 2.39. The van der Waals surface area contributed by atoms with E-state index in [9.17, 15) is 14.0 Å². The SMILES string of the molecule is [C-]#[N+]c1ccc(N(c2ccc(F)cc2)c2ccc3c(c2)C(C)(C)c2cc(C=Cc4ccc5c(c4)C(C)(C)c4cc(C=Cc6ccc7c(c6)C(C)(C)c6cc(N(c8ccc(F)cc8)c8ccc(C#N)cc8)ccc6-7)ccc4-5)ccc2-3)cc1. The van der Waals surface area contributed by atoms with Gasteiger partial charge >= 0.3 is 0 Å². The molecule has 0 amide bonds. The van der Waals surface area contributed by atoms with Crippen LogP contribution in [0.2, 0.25) is 0 Å². The van der Waals surface area contributed by atoms with Crippen molar-refractivity contribution in [3.63, 3.8) is 0 Å². The molecule has 3 aliphatic carbocycles. The fourth-order valence-corrected chi connectivity index (χ4v) is 12.8. The monoisotopic (exact) mass is 1050 g/mol. The topological polar surface area (TPSA) is 34.6 Å². The minimum atomic E-state index is -0.293. The molecule has 0 N–H and O–H groups in total. The first-order valence-corrected chi connectivity index (χ1v) is 27.4. The zero-order valence-electron chi connectivity index (χ0n) is 46.0. The first kappa shape index (κ1) is 50.6. The van der Waals surface area contributed by atoms with Crippen LogP contribution in [0.1, 0.15) is 103 Å². The summed E-state index contributed by atoms with van der Waals surface area (Å²) < 4.78 is 28.3. The van der Waals surface area contributed by atoms with Gasteiger partial charge in [-0.2, -0.15) is 5.26 Å². The van der Waals surface area contributed by atoms with Gasteiger partial charge in [0.15, 0.2) is 5.69 Å². The van der Waals surface area contributed by atoms with E-state index < -0.39 is 0 Å². The largest absolute Gasteiger partial charge is 0.311 e. The highest BCUT2D eigenvalue weighted by atomic mass is 19.1. The summed E-state index contributed by atoms with van der Waals surface area (Å²) in [5.41, 5.74) is 25.4. The summed E-state index contributed by atoms with van der Waals surface area (Å²) in [6.07, 6.45) is 8.92. The molecule has 0 aliphatic heterocycles. The summed E-state index contributed by atoms with van der Waals surface area (Å²) in [7, 11) is 0. The fourth-order valence-electron chi connectivity index (χ4n) is 12.8. The van der Waals surface area contributed by atoms with E-state index in [0.717, 1.165) is 56.4 Å². The van der Waals surface area contributed by atoms with Crippen molar-refractivity contribution in [2.24, 2.45) is 0 Å². The van der Waals surface area contributed by atoms with Gasteiger partial charge in [0.05, 0.1) is 18.2 Å². The lowest BCUT2D eigenvalue weighted by Crippen LogP contribution is -2.16. The zero-order valence-corrected chi connectivity index (χ0v) is 46.0. The van der Waals surface area contributed by atoms with Gasteiger partial charge in [0.2, 0.25) is 0 Å². The van der Waals surface area contributed by atoms with E-state index in [1.54, 1.807) is 24.3 Å². The van der Waals surface area contributed by atoms with Gasteiger partial charge in [0.25, 0.3) is 0 Å². The molecule has 0 aromatic heterocycles. The van der Waals surface area contributed by atoms with Crippen LogP contribution in [-0.4, -0.2) is 0 Å². The summed E-state index contributed by atoms with van der Waals surface area (Å²) in [6, 6.07) is 70.9. The molecule has 13 rings (SSSR count). The maximum atomic E-state index is 14.2. The average molecular weight is 1050 g/mol. The Morgan fingerprint density at radius 3 is 0.914 bits per heavy atom. The van der Waals surface area contributed by atoms with Crippen LogP contribution in [-0.2, 0) is 16.2 Å². The average Bonchev–Trinajstić information content (AvgIpc) is 3.24. The molecule has 0 saturated heterocycles. The fraction of sp³-hybridized carbons (Fsp3) is 0.120. The molecule has 0 bridgehead atoms. The molecule has 3 aliphatic rings. The van der Waals surface area contributed by atoms with Gasteiger partial charge < -0.3 is 9.80 Å². The van der Waals surface area contributed by atoms with Gasteiger partial charge in [0, 0.05) is 50.4 Å². The molecule has 0 fully saturated rings. The Labute approximate surface area is 473 Å². The molecular weight excluding hydrogens is 995 g/mol. The lowest BCUT2D eigenvalue weighted by Gasteiger charge is -2.28. The van der Waals surface area contributed by atoms with Crippen LogP contribution in [0.5, 0.6) is 0 Å². The highest BCUT2D eigenvalue weighted by Crippen LogP contribution is 2.54. The molecule has 6 heteroatoms. The lowest BCUT2D eigenvalue weighted by atomic mass is 9.81. The van der Waals surface area contributed by atoms with Crippen LogP contribution in [0.3, 0.4) is 0 Å². The molecule has 390 valence electrons. The van der Waals surface area contributed by atoms with Gasteiger partial charge in [-0.15, -0.1) is 0 Å². The van der Waals surface area contributed by atoms with Gasteiger partial charge in [-0.25, -0.2) is 13.6 Å². The highest BCUT2D eigenvalue weighted by molar-refractivity contribution is 5.90. The summed E-state index contributed by atoms with van der Waals surface area (Å²) in [4.78, 5) is 7.83. The van der Waals surface area contributed by atoms with Crippen molar-refractivity contribution in [1.29, 1.82) is 5.26 Å². The molecule has 0 saturated carbocycles. The third-order valence-electron chi connectivity index (χ3n) is 17.2. The van der Waals surface area contributed by atoms with Crippen LogP contribution < -0.4 is 9.80 Å². The van der Waals surface area contributed by atoms with E-state index >= 15 is 0 Å². The lowest BCUT2D eigenvalue weighted by molar-refractivity contribution is 0.627. The number of hydrogen-bond donors (Lipinski definition) is 0. The normalized spacial score (nSPS) is 14.3. The molecule has 0 spiro atoms. The van der Waals surface area contributed by atoms with E-state index in [1.165, 1.54) is 91.0 Å². The van der Waals surface area contributed by atoms with Crippen molar-refractivity contribution < 1.29 is 8.78 Å². The Bertz CT molecular complexity index is 4060. The summed E-state index contributed by atoms with van der Waals surface area (Å²) >= 11 is 0. The molecule has 81 heavy (non-hydrogen) atoms. The second-order valence-corrected chi connectivity index (χ2v) is 23.1. The molecule has 10 aromatic rings. The Balaban J connectivity index is 0.729. The Kier molecular flexibility index (Phi) is 12.0. The summed E-state index contributed by atoms with van der Waals surface area (Å²) in [6.45, 7) is 21.3. The second-order valence-electron chi connectivity index (χ2n) is 23.1. The molecule has 0 heterocycles. The molecule has 0 radical (unpaired) electrons. The number of hydrogen-bond acceptors (Lipinski definition) is 3. The number of nitrogens with zero attached hydrogens (tertiary/aromatic N) is 4. The van der Waals surface area contributed by atoms with Crippen molar-refractivity contribution in [1.82, 2.24) is 0 Å². The first-order chi connectivity index (χ1) is 39.1. The maximum absolute atomic E-state index is 14.2. The van der Waals surface area contributed by atoms with Crippen LogP contribution in [0.4, 0.5) is 48.6 Å².